The van der Waals surface area contributed by atoms with Crippen molar-refractivity contribution in [3.63, 3.8) is 0 Å². The number of para-hydroxylation sites is 2. The van der Waals surface area contributed by atoms with Gasteiger partial charge in [-0.2, -0.15) is 0 Å². The van der Waals surface area contributed by atoms with Gasteiger partial charge in [0.05, 0.1) is 24.7 Å². The molecule has 0 saturated heterocycles. The van der Waals surface area contributed by atoms with Crippen molar-refractivity contribution in [1.29, 1.82) is 0 Å². The van der Waals surface area contributed by atoms with Crippen LogP contribution in [-0.4, -0.2) is 42.7 Å². The summed E-state index contributed by atoms with van der Waals surface area (Å²) >= 11 is 0. The van der Waals surface area contributed by atoms with E-state index in [1.54, 1.807) is 24.7 Å². The predicted molar refractivity (Wildman–Crippen MR) is 379 cm³/mol. The number of hydrogen-bond donors (Lipinski definition) is 1. The molecule has 462 valence electrons. The second kappa shape index (κ2) is 31.6. The SMILES string of the molecule is Cn1c(-c2ccccc2O)nc2c(-c3[c-]c(-c4ccc([Si](C)(C)C)cn4)cc(C(C)(C)C)c3)cccc21.[Ir+3].[Pt].[c-]1ccc(-c2ccccc2)cc1-c1ccccn1.[c-]1ccc(-c2ccccc2)cc1-c1ccccn1.[c-]1ccc(-c2ccccc2)cc1-c1ccccn1. The molecule has 0 unspecified atom stereocenters. The predicted octanol–water partition coefficient (Wildman–Crippen LogP) is 20.0. The summed E-state index contributed by atoms with van der Waals surface area (Å²) in [7, 11) is 0.563. The third-order valence-electron chi connectivity index (χ3n) is 15.5. The fourth-order valence-electron chi connectivity index (χ4n) is 10.5. The van der Waals surface area contributed by atoms with Crippen LogP contribution in [0, 0.1) is 24.3 Å². The maximum absolute atomic E-state index is 10.5. The number of aromatic hydroxyl groups is 1. The monoisotopic (exact) mass is 1580 g/mol. The molecular formula is C83H70IrN6OPtSi-. The van der Waals surface area contributed by atoms with Crippen molar-refractivity contribution in [2.75, 3.05) is 0 Å². The summed E-state index contributed by atoms with van der Waals surface area (Å²) in [6, 6.07) is 103. The van der Waals surface area contributed by atoms with Gasteiger partial charge >= 0.3 is 20.1 Å². The Hall–Kier alpha value is -9.60. The van der Waals surface area contributed by atoms with E-state index in [9.17, 15) is 5.11 Å². The molecule has 0 radical (unpaired) electrons. The number of rotatable bonds is 10. The van der Waals surface area contributed by atoms with Crippen LogP contribution in [0.5, 0.6) is 5.75 Å². The van der Waals surface area contributed by atoms with Crippen molar-refractivity contribution in [2.45, 2.75) is 45.8 Å². The zero-order chi connectivity index (χ0) is 63.2. The number of benzene rings is 9. The van der Waals surface area contributed by atoms with E-state index in [2.05, 4.69) is 195 Å². The zero-order valence-corrected chi connectivity index (χ0v) is 58.7. The molecule has 0 bridgehead atoms. The van der Waals surface area contributed by atoms with Crippen LogP contribution in [0.2, 0.25) is 19.6 Å². The fourth-order valence-corrected chi connectivity index (χ4v) is 11.5. The second-order valence-electron chi connectivity index (χ2n) is 24.0. The molecule has 0 aliphatic rings. The van der Waals surface area contributed by atoms with Crippen LogP contribution in [0.25, 0.3) is 112 Å². The Kier molecular flexibility index (Phi) is 23.1. The molecule has 14 aromatic rings. The van der Waals surface area contributed by atoms with Crippen LogP contribution >= 0.6 is 0 Å². The van der Waals surface area contributed by atoms with E-state index in [-0.39, 0.29) is 52.3 Å². The first-order valence-electron chi connectivity index (χ1n) is 30.5. The Balaban J connectivity index is 0.000000155. The van der Waals surface area contributed by atoms with Crippen LogP contribution in [-0.2, 0) is 53.6 Å². The Morgan fingerprint density at radius 2 is 0.828 bits per heavy atom. The Bertz CT molecular complexity index is 4210. The molecule has 9 aromatic carbocycles. The molecule has 0 atom stereocenters. The minimum Gasteiger partial charge on any atom is -0.507 e. The zero-order valence-electron chi connectivity index (χ0n) is 53.0. The van der Waals surface area contributed by atoms with Gasteiger partial charge < -0.3 is 24.6 Å². The molecule has 14 rings (SSSR count). The fraction of sp³-hybridized carbons (Fsp3) is 0.0964. The van der Waals surface area contributed by atoms with Crippen molar-refractivity contribution in [3.8, 4) is 107 Å². The third-order valence-corrected chi connectivity index (χ3v) is 17.6. The number of imidazole rings is 1. The van der Waals surface area contributed by atoms with Crippen molar-refractivity contribution in [3.05, 3.63) is 322 Å². The van der Waals surface area contributed by atoms with Gasteiger partial charge in [0.2, 0.25) is 0 Å². The van der Waals surface area contributed by atoms with E-state index in [0.717, 1.165) is 73.0 Å². The standard InChI is InChI=1S/C32H34N3OSi.3C17H12N.Ir.Pt/c1-32(2,3)23-18-21(17-22(19-23)27-16-15-24(20-33-27)37(5,6)7)25-12-10-13-28-30(25)34-31(35(28)4)26-11-8-9-14-29(26)36;3*1-2-7-14(8-3-1)15-9-6-10-16(13-15)17-11-4-5-12-18-17;;/h8-16,18-20,36H,1-7H3;3*1-9,11-13H;;/q4*-1;+3;. The Morgan fingerprint density at radius 1 is 0.409 bits per heavy atom. The van der Waals surface area contributed by atoms with E-state index in [1.165, 1.54) is 44.1 Å². The summed E-state index contributed by atoms with van der Waals surface area (Å²) in [5.41, 5.74) is 20.8. The normalized spacial score (nSPS) is 10.8. The molecule has 0 amide bonds. The maximum Gasteiger partial charge on any atom is 3.00 e. The van der Waals surface area contributed by atoms with Gasteiger partial charge in [-0.1, -0.05) is 215 Å². The number of phenolic OH excluding ortho intramolecular Hbond substituents is 1. The van der Waals surface area contributed by atoms with Gasteiger partial charge in [0.1, 0.15) is 11.6 Å². The molecule has 0 aliphatic carbocycles. The van der Waals surface area contributed by atoms with Gasteiger partial charge in [-0.3, -0.25) is 4.98 Å². The van der Waals surface area contributed by atoms with Crippen molar-refractivity contribution in [2.24, 2.45) is 7.05 Å². The minimum absolute atomic E-state index is 0. The molecule has 0 saturated carbocycles. The molecule has 7 nitrogen and oxygen atoms in total. The van der Waals surface area contributed by atoms with Crippen LogP contribution in [0.1, 0.15) is 26.3 Å². The summed E-state index contributed by atoms with van der Waals surface area (Å²) in [5.74, 6) is 0.954. The second-order valence-corrected chi connectivity index (χ2v) is 29.1. The van der Waals surface area contributed by atoms with E-state index in [1.807, 2.05) is 163 Å². The minimum atomic E-state index is -1.43. The van der Waals surface area contributed by atoms with Crippen LogP contribution < -0.4 is 5.19 Å². The summed E-state index contributed by atoms with van der Waals surface area (Å²) in [4.78, 5) is 22.9. The molecule has 5 aromatic heterocycles. The molecule has 1 N–H and O–H groups in total. The summed E-state index contributed by atoms with van der Waals surface area (Å²) in [6.45, 7) is 13.7. The summed E-state index contributed by atoms with van der Waals surface area (Å²) in [6.07, 6.45) is 7.45. The van der Waals surface area contributed by atoms with Crippen molar-refractivity contribution >= 4 is 24.3 Å². The number of hydrogen-bond acceptors (Lipinski definition) is 6. The van der Waals surface area contributed by atoms with Crippen LogP contribution in [0.3, 0.4) is 0 Å². The van der Waals surface area contributed by atoms with Gasteiger partial charge in [0, 0.05) is 58.6 Å². The quantitative estimate of drug-likeness (QED) is 0.108. The number of phenols is 1. The van der Waals surface area contributed by atoms with Crippen molar-refractivity contribution < 1.29 is 46.3 Å². The van der Waals surface area contributed by atoms with Gasteiger partial charge in [0.25, 0.3) is 0 Å². The average Bonchev–Trinajstić information content (AvgIpc) is 1.71. The number of fused-ring (bicyclic) bond motifs is 1. The van der Waals surface area contributed by atoms with Crippen LogP contribution in [0.15, 0.2) is 292 Å². The molecule has 10 heteroatoms. The molecule has 0 aliphatic heterocycles. The van der Waals surface area contributed by atoms with E-state index >= 15 is 0 Å². The van der Waals surface area contributed by atoms with Crippen LogP contribution in [0.4, 0.5) is 0 Å². The van der Waals surface area contributed by atoms with E-state index in [0.29, 0.717) is 5.56 Å². The number of pyridine rings is 4. The van der Waals surface area contributed by atoms with E-state index < -0.39 is 8.07 Å². The number of aromatic nitrogens is 6. The van der Waals surface area contributed by atoms with Gasteiger partial charge in [-0.25, -0.2) is 4.98 Å². The molecule has 5 heterocycles. The topological polar surface area (TPSA) is 89.6 Å². The third kappa shape index (κ3) is 17.3. The first-order valence-corrected chi connectivity index (χ1v) is 34.0. The summed E-state index contributed by atoms with van der Waals surface area (Å²) in [5, 5.41) is 11.8. The smallest absolute Gasteiger partial charge is 0.507 e. The molecule has 0 spiro atoms. The Labute approximate surface area is 576 Å². The molecule has 0 fully saturated rings. The Morgan fingerprint density at radius 3 is 1.24 bits per heavy atom. The van der Waals surface area contributed by atoms with Gasteiger partial charge in [-0.15, -0.1) is 136 Å². The average molecular weight is 1580 g/mol. The van der Waals surface area contributed by atoms with E-state index in [4.69, 9.17) is 9.97 Å². The first-order chi connectivity index (χ1) is 44.2. The first kappa shape index (κ1) is 67.8. The number of aryl methyl sites for hydroxylation is 1. The van der Waals surface area contributed by atoms with Crippen molar-refractivity contribution in [1.82, 2.24) is 29.5 Å². The summed E-state index contributed by atoms with van der Waals surface area (Å²) < 4.78 is 2.04. The van der Waals surface area contributed by atoms with Gasteiger partial charge in [-0.05, 0) is 80.8 Å². The molecular weight excluding hydrogens is 1510 g/mol. The van der Waals surface area contributed by atoms with Gasteiger partial charge in [0.15, 0.2) is 0 Å². The molecule has 93 heavy (non-hydrogen) atoms. The largest absolute Gasteiger partial charge is 3.00 e. The maximum atomic E-state index is 10.5. The number of nitrogens with zero attached hydrogens (tertiary/aromatic N) is 6.